The molecule has 2 aromatic rings. The van der Waals surface area contributed by atoms with Gasteiger partial charge in [0.25, 0.3) is 0 Å². The van der Waals surface area contributed by atoms with Gasteiger partial charge >= 0.3 is 239 Å². The first kappa shape index (κ1) is 27.8. The van der Waals surface area contributed by atoms with E-state index in [1.165, 1.54) is 41.5 Å². The maximum atomic E-state index is 4.00. The van der Waals surface area contributed by atoms with Gasteiger partial charge in [-0.2, -0.15) is 0 Å². The summed E-state index contributed by atoms with van der Waals surface area (Å²) in [4.78, 5) is 0. The van der Waals surface area contributed by atoms with Crippen molar-refractivity contribution in [3.05, 3.63) is 108 Å². The second kappa shape index (κ2) is 11.8. The predicted molar refractivity (Wildman–Crippen MR) is 164 cm³/mol. The van der Waals surface area contributed by atoms with Gasteiger partial charge < -0.3 is 0 Å². The summed E-state index contributed by atoms with van der Waals surface area (Å²) in [7, 11) is 0. The third-order valence-corrected chi connectivity index (χ3v) is 31.4. The van der Waals surface area contributed by atoms with Crippen molar-refractivity contribution in [2.24, 2.45) is 5.41 Å². The fraction of sp³-hybridized carbons (Fsp3) is 0.459. The zero-order chi connectivity index (χ0) is 26.8. The van der Waals surface area contributed by atoms with Gasteiger partial charge in [-0.25, -0.2) is 0 Å². The Hall–Kier alpha value is -1.73. The quantitative estimate of drug-likeness (QED) is 0.139. The molecule has 0 N–H and O–H groups in total. The summed E-state index contributed by atoms with van der Waals surface area (Å²) >= 11 is -2.34. The van der Waals surface area contributed by atoms with Gasteiger partial charge in [-0.05, 0) is 0 Å². The van der Waals surface area contributed by atoms with Gasteiger partial charge in [0.2, 0.25) is 0 Å². The summed E-state index contributed by atoms with van der Waals surface area (Å²) in [6.45, 7) is 15.5. The van der Waals surface area contributed by atoms with Crippen molar-refractivity contribution in [1.82, 2.24) is 0 Å². The molecule has 0 amide bonds. The van der Waals surface area contributed by atoms with Crippen LogP contribution >= 0.6 is 0 Å². The average Bonchev–Trinajstić information content (AvgIpc) is 3.29. The van der Waals surface area contributed by atoms with Crippen molar-refractivity contribution >= 4 is 0 Å². The van der Waals surface area contributed by atoms with E-state index < -0.39 is 20.0 Å². The van der Waals surface area contributed by atoms with Gasteiger partial charge in [-0.15, -0.1) is 0 Å². The van der Waals surface area contributed by atoms with Crippen LogP contribution in [0.3, 0.4) is 0 Å². The van der Waals surface area contributed by atoms with Crippen LogP contribution in [-0.4, -0.2) is 0 Å². The van der Waals surface area contributed by atoms with Crippen molar-refractivity contribution < 1.29 is 20.0 Å². The zero-order valence-electron chi connectivity index (χ0n) is 24.2. The molecule has 1 saturated heterocycles. The summed E-state index contributed by atoms with van der Waals surface area (Å²) in [5.74, 6) is 0.474. The molecule has 0 nitrogen and oxygen atoms in total. The molecule has 3 unspecified atom stereocenters. The molecule has 0 aromatic heterocycles. The molecule has 1 fully saturated rings. The molecule has 5 rings (SSSR count). The number of rotatable bonds is 14. The van der Waals surface area contributed by atoms with Crippen LogP contribution in [-0.2, 0) is 32.8 Å². The number of hydrogen-bond acceptors (Lipinski definition) is 0. The molecule has 1 heteroatoms. The summed E-state index contributed by atoms with van der Waals surface area (Å²) in [5.41, 5.74) is 11.1. The van der Waals surface area contributed by atoms with E-state index in [9.17, 15) is 0 Å². The molecule has 0 bridgehead atoms. The number of benzene rings is 2. The minimum atomic E-state index is -2.34. The molecular formula is C37H48Hf. The van der Waals surface area contributed by atoms with Gasteiger partial charge in [-0.3, -0.25) is 0 Å². The van der Waals surface area contributed by atoms with E-state index in [0.29, 0.717) is 5.92 Å². The number of fused-ring (bicyclic) bond motifs is 3. The van der Waals surface area contributed by atoms with Gasteiger partial charge in [0.05, 0.1) is 0 Å². The standard InChI is InChI=1S/C30H33.C4H9.C3H6.Hf/c1-5-8-12-22-16-18-25-26-19-17-23(13-9-6-2)21-28(26)29(27(25)20-22)30(4,7-3)24-14-10-11-15-24;1-3-4-2;1-3-2;/h5-6,10-11,14,16-21,29H,1-2,4,7-9,12-13,15H2,3H3;1,3-4H2,2H3;3H,1H2,2H3;. The maximum absolute atomic E-state index is 4.00. The Morgan fingerprint density at radius 2 is 1.55 bits per heavy atom. The molecule has 3 atom stereocenters. The second-order valence-electron chi connectivity index (χ2n) is 12.5. The first-order chi connectivity index (χ1) is 18.5. The monoisotopic (exact) mass is 672 g/mol. The Labute approximate surface area is 237 Å². The van der Waals surface area contributed by atoms with Crippen molar-refractivity contribution in [1.29, 1.82) is 0 Å². The molecule has 1 heterocycles. The fourth-order valence-corrected chi connectivity index (χ4v) is 36.1. The Balaban J connectivity index is 1.68. The van der Waals surface area contributed by atoms with E-state index in [1.807, 2.05) is 0 Å². The van der Waals surface area contributed by atoms with Crippen molar-refractivity contribution in [2.75, 3.05) is 0 Å². The second-order valence-corrected chi connectivity index (χ2v) is 30.4. The molecular weight excluding hydrogens is 623 g/mol. The number of unbranched alkanes of at least 4 members (excludes halogenated alkanes) is 1. The Kier molecular flexibility index (Phi) is 8.63. The molecule has 38 heavy (non-hydrogen) atoms. The Morgan fingerprint density at radius 1 is 0.947 bits per heavy atom. The van der Waals surface area contributed by atoms with Gasteiger partial charge in [-0.1, -0.05) is 0 Å². The Morgan fingerprint density at radius 3 is 2.00 bits per heavy atom. The number of hydrogen-bond donors (Lipinski definition) is 0. The van der Waals surface area contributed by atoms with Crippen LogP contribution < -0.4 is 0 Å². The SMILES string of the molecule is C=CCCc1ccc2c(c1)C(C(CC)([CH2][Hf]1([CH2]CCC)[CH2][CH]1C)C1=CC=CC1)c1cc(CCC=C)ccc1-2. The van der Waals surface area contributed by atoms with Crippen LogP contribution in [0, 0.1) is 5.41 Å². The van der Waals surface area contributed by atoms with E-state index in [4.69, 9.17) is 0 Å². The molecule has 3 aliphatic rings. The van der Waals surface area contributed by atoms with E-state index >= 15 is 0 Å². The van der Waals surface area contributed by atoms with Crippen LogP contribution in [0.15, 0.2) is 85.5 Å². The van der Waals surface area contributed by atoms with Gasteiger partial charge in [0.1, 0.15) is 0 Å². The van der Waals surface area contributed by atoms with Gasteiger partial charge in [0.15, 0.2) is 0 Å². The summed E-state index contributed by atoms with van der Waals surface area (Å²) in [6.07, 6.45) is 20.9. The summed E-state index contributed by atoms with van der Waals surface area (Å²) in [5, 5.41) is 0. The van der Waals surface area contributed by atoms with E-state index in [-0.39, 0.29) is 5.41 Å². The van der Waals surface area contributed by atoms with Crippen LogP contribution in [0.2, 0.25) is 16.2 Å². The van der Waals surface area contributed by atoms with Crippen molar-refractivity contribution in [3.63, 3.8) is 0 Å². The summed E-state index contributed by atoms with van der Waals surface area (Å²) in [6, 6.07) is 14.9. The normalized spacial score (nSPS) is 23.0. The predicted octanol–water partition coefficient (Wildman–Crippen LogP) is 11.3. The third-order valence-electron chi connectivity index (χ3n) is 10.3. The molecule has 200 valence electrons. The fourth-order valence-electron chi connectivity index (χ4n) is 7.97. The molecule has 0 spiro atoms. The van der Waals surface area contributed by atoms with Crippen LogP contribution in [0.1, 0.15) is 87.5 Å². The van der Waals surface area contributed by atoms with Crippen LogP contribution in [0.25, 0.3) is 11.1 Å². The van der Waals surface area contributed by atoms with Crippen molar-refractivity contribution in [3.8, 4) is 11.1 Å². The molecule has 0 saturated carbocycles. The van der Waals surface area contributed by atoms with Crippen LogP contribution in [0.5, 0.6) is 0 Å². The molecule has 2 aliphatic carbocycles. The minimum absolute atomic E-state index is 0.248. The van der Waals surface area contributed by atoms with E-state index in [1.54, 1.807) is 29.2 Å². The third kappa shape index (κ3) is 5.10. The molecule has 0 radical (unpaired) electrons. The molecule has 1 aliphatic heterocycles. The Bertz CT molecular complexity index is 1180. The van der Waals surface area contributed by atoms with Gasteiger partial charge in [0, 0.05) is 0 Å². The van der Waals surface area contributed by atoms with Crippen molar-refractivity contribution in [2.45, 2.75) is 94.3 Å². The topological polar surface area (TPSA) is 0 Å². The summed E-state index contributed by atoms with van der Waals surface area (Å²) < 4.78 is 5.84. The average molecular weight is 671 g/mol. The number of allylic oxidation sites excluding steroid dienone is 6. The van der Waals surface area contributed by atoms with E-state index in [0.717, 1.165) is 35.8 Å². The first-order valence-corrected chi connectivity index (χ1v) is 25.1. The van der Waals surface area contributed by atoms with Crippen LogP contribution in [0.4, 0.5) is 0 Å². The zero-order valence-corrected chi connectivity index (χ0v) is 27.8. The first-order valence-electron chi connectivity index (χ1n) is 15.4. The molecule has 2 aromatic carbocycles. The number of aryl methyl sites for hydroxylation is 2. The van der Waals surface area contributed by atoms with E-state index in [2.05, 4.69) is 101 Å².